The van der Waals surface area contributed by atoms with Crippen molar-refractivity contribution in [2.24, 2.45) is 0 Å². The number of nitrogens with one attached hydrogen (secondary N) is 1. The van der Waals surface area contributed by atoms with Gasteiger partial charge in [-0.15, -0.1) is 0 Å². The van der Waals surface area contributed by atoms with Crippen molar-refractivity contribution in [1.82, 2.24) is 5.32 Å². The lowest BCUT2D eigenvalue weighted by Crippen LogP contribution is -2.31. The zero-order valence-corrected chi connectivity index (χ0v) is 11.1. The van der Waals surface area contributed by atoms with Crippen LogP contribution in [0, 0.1) is 0 Å². The van der Waals surface area contributed by atoms with Gasteiger partial charge in [0.15, 0.2) is 0 Å². The van der Waals surface area contributed by atoms with E-state index >= 15 is 0 Å². The molecule has 0 radical (unpaired) electrons. The summed E-state index contributed by atoms with van der Waals surface area (Å²) in [6.45, 7) is -0.233. The van der Waals surface area contributed by atoms with Crippen LogP contribution in [0.5, 0.6) is 5.75 Å². The molecule has 0 fully saturated rings. The molecule has 0 aliphatic heterocycles. The van der Waals surface area contributed by atoms with Gasteiger partial charge in [-0.05, 0) is 36.4 Å². The van der Waals surface area contributed by atoms with Gasteiger partial charge in [0.05, 0.1) is 0 Å². The topological polar surface area (TPSA) is 72.5 Å². The Labute approximate surface area is 121 Å². The summed E-state index contributed by atoms with van der Waals surface area (Å²) in [7, 11) is 0. The Bertz CT molecular complexity index is 635. The molecule has 0 heterocycles. The highest BCUT2D eigenvalue weighted by Crippen LogP contribution is 2.11. The molecule has 2 aromatic carbocycles. The Balaban J connectivity index is 1.84. The van der Waals surface area contributed by atoms with Crippen molar-refractivity contribution in [2.75, 3.05) is 6.54 Å². The highest BCUT2D eigenvalue weighted by molar-refractivity contribution is 5.96. The number of carbonyl (C=O) groups is 3. The van der Waals surface area contributed by atoms with Crippen LogP contribution >= 0.6 is 0 Å². The van der Waals surface area contributed by atoms with Crippen molar-refractivity contribution in [2.45, 2.75) is 0 Å². The van der Waals surface area contributed by atoms with Crippen molar-refractivity contribution >= 4 is 18.2 Å². The Morgan fingerprint density at radius 2 is 1.67 bits per heavy atom. The first-order chi connectivity index (χ1) is 10.2. The van der Waals surface area contributed by atoms with Gasteiger partial charge in [0, 0.05) is 11.1 Å². The standard InChI is InChI=1S/C16H13NO4/c18-11-12-6-8-14(9-7-12)21-15(19)10-17-16(20)13-4-2-1-3-5-13/h1-9,11H,10H2,(H,17,20). The van der Waals surface area contributed by atoms with Crippen molar-refractivity contribution in [3.05, 3.63) is 65.7 Å². The van der Waals surface area contributed by atoms with Crippen LogP contribution in [0.15, 0.2) is 54.6 Å². The fraction of sp³-hybridized carbons (Fsp3) is 0.0625. The predicted molar refractivity (Wildman–Crippen MR) is 76.2 cm³/mol. The second-order valence-electron chi connectivity index (χ2n) is 4.21. The van der Waals surface area contributed by atoms with Gasteiger partial charge < -0.3 is 10.1 Å². The molecular formula is C16H13NO4. The average molecular weight is 283 g/mol. The first-order valence-corrected chi connectivity index (χ1v) is 6.28. The number of carbonyl (C=O) groups excluding carboxylic acids is 3. The summed E-state index contributed by atoms with van der Waals surface area (Å²) in [6, 6.07) is 14.7. The Hall–Kier alpha value is -2.95. The highest BCUT2D eigenvalue weighted by Gasteiger charge is 2.09. The zero-order chi connectivity index (χ0) is 15.1. The number of benzene rings is 2. The Morgan fingerprint density at radius 3 is 2.29 bits per heavy atom. The molecule has 0 aromatic heterocycles. The molecule has 21 heavy (non-hydrogen) atoms. The van der Waals surface area contributed by atoms with Crippen LogP contribution in [0.1, 0.15) is 20.7 Å². The summed E-state index contributed by atoms with van der Waals surface area (Å²) >= 11 is 0. The minimum absolute atomic E-state index is 0.233. The van der Waals surface area contributed by atoms with E-state index in [1.54, 1.807) is 30.3 Å². The van der Waals surface area contributed by atoms with Crippen LogP contribution < -0.4 is 10.1 Å². The number of rotatable bonds is 5. The van der Waals surface area contributed by atoms with Gasteiger partial charge in [-0.1, -0.05) is 18.2 Å². The van der Waals surface area contributed by atoms with Crippen LogP contribution in [0.25, 0.3) is 0 Å². The monoisotopic (exact) mass is 283 g/mol. The molecule has 5 nitrogen and oxygen atoms in total. The summed E-state index contributed by atoms with van der Waals surface area (Å²) in [5.74, 6) is -0.610. The number of ether oxygens (including phenoxy) is 1. The van der Waals surface area contributed by atoms with E-state index in [2.05, 4.69) is 5.32 Å². The maximum Gasteiger partial charge on any atom is 0.330 e. The van der Waals surface area contributed by atoms with Gasteiger partial charge in [0.2, 0.25) is 0 Å². The molecule has 2 aromatic rings. The maximum absolute atomic E-state index is 11.7. The zero-order valence-electron chi connectivity index (χ0n) is 11.1. The van der Waals surface area contributed by atoms with Crippen molar-refractivity contribution in [3.63, 3.8) is 0 Å². The lowest BCUT2D eigenvalue weighted by molar-refractivity contribution is -0.133. The summed E-state index contributed by atoms with van der Waals surface area (Å²) in [5.41, 5.74) is 0.966. The summed E-state index contributed by atoms with van der Waals surface area (Å²) in [4.78, 5) is 33.8. The second-order valence-corrected chi connectivity index (χ2v) is 4.21. The molecule has 106 valence electrons. The molecule has 0 saturated carbocycles. The molecule has 0 aliphatic carbocycles. The molecule has 0 bridgehead atoms. The van der Waals surface area contributed by atoms with E-state index in [4.69, 9.17) is 4.74 Å². The molecule has 5 heteroatoms. The van der Waals surface area contributed by atoms with Crippen LogP contribution in [-0.2, 0) is 4.79 Å². The van der Waals surface area contributed by atoms with E-state index in [0.717, 1.165) is 0 Å². The molecule has 2 rings (SSSR count). The lowest BCUT2D eigenvalue weighted by Gasteiger charge is -2.06. The van der Waals surface area contributed by atoms with Crippen LogP contribution in [0.3, 0.4) is 0 Å². The third kappa shape index (κ3) is 4.28. The number of esters is 1. The Morgan fingerprint density at radius 1 is 1.00 bits per heavy atom. The number of hydrogen-bond acceptors (Lipinski definition) is 4. The van der Waals surface area contributed by atoms with Crippen molar-refractivity contribution in [1.29, 1.82) is 0 Å². The normalized spacial score (nSPS) is 9.71. The van der Waals surface area contributed by atoms with E-state index in [1.165, 1.54) is 24.3 Å². The van der Waals surface area contributed by atoms with E-state index in [-0.39, 0.29) is 12.5 Å². The lowest BCUT2D eigenvalue weighted by atomic mass is 10.2. The number of hydrogen-bond donors (Lipinski definition) is 1. The predicted octanol–water partition coefficient (Wildman–Crippen LogP) is 1.83. The second kappa shape index (κ2) is 7.00. The van der Waals surface area contributed by atoms with Crippen LogP contribution in [0.4, 0.5) is 0 Å². The quantitative estimate of drug-likeness (QED) is 0.516. The van der Waals surface area contributed by atoms with Crippen LogP contribution in [0.2, 0.25) is 0 Å². The van der Waals surface area contributed by atoms with Gasteiger partial charge in [0.25, 0.3) is 5.91 Å². The summed E-state index contributed by atoms with van der Waals surface area (Å²) in [5, 5.41) is 2.47. The molecule has 1 N–H and O–H groups in total. The van der Waals surface area contributed by atoms with Crippen molar-refractivity contribution in [3.8, 4) is 5.75 Å². The minimum Gasteiger partial charge on any atom is -0.425 e. The Kier molecular flexibility index (Phi) is 4.82. The molecular weight excluding hydrogens is 270 g/mol. The fourth-order valence-electron chi connectivity index (χ4n) is 1.63. The summed E-state index contributed by atoms with van der Waals surface area (Å²) in [6.07, 6.45) is 0.700. The van der Waals surface area contributed by atoms with Crippen molar-refractivity contribution < 1.29 is 19.1 Å². The largest absolute Gasteiger partial charge is 0.425 e. The number of aldehydes is 1. The van der Waals surface area contributed by atoms with Gasteiger partial charge in [-0.25, -0.2) is 4.79 Å². The van der Waals surface area contributed by atoms with E-state index in [0.29, 0.717) is 23.2 Å². The van der Waals surface area contributed by atoms with Gasteiger partial charge >= 0.3 is 5.97 Å². The number of amides is 1. The highest BCUT2D eigenvalue weighted by atomic mass is 16.5. The molecule has 0 atom stereocenters. The third-order valence-corrected chi connectivity index (χ3v) is 2.68. The average Bonchev–Trinajstić information content (AvgIpc) is 2.54. The first kappa shape index (κ1) is 14.5. The fourth-order valence-corrected chi connectivity index (χ4v) is 1.63. The molecule has 0 saturated heterocycles. The smallest absolute Gasteiger partial charge is 0.330 e. The molecule has 0 aliphatic rings. The van der Waals surface area contributed by atoms with E-state index < -0.39 is 5.97 Å². The third-order valence-electron chi connectivity index (χ3n) is 2.68. The van der Waals surface area contributed by atoms with E-state index in [1.807, 2.05) is 0 Å². The SMILES string of the molecule is O=Cc1ccc(OC(=O)CNC(=O)c2ccccc2)cc1. The van der Waals surface area contributed by atoms with Gasteiger partial charge in [-0.2, -0.15) is 0 Å². The van der Waals surface area contributed by atoms with Gasteiger partial charge in [-0.3, -0.25) is 9.59 Å². The van der Waals surface area contributed by atoms with E-state index in [9.17, 15) is 14.4 Å². The van der Waals surface area contributed by atoms with Crippen LogP contribution in [-0.4, -0.2) is 24.7 Å². The minimum atomic E-state index is -0.585. The summed E-state index contributed by atoms with van der Waals surface area (Å²) < 4.78 is 5.03. The van der Waals surface area contributed by atoms with Gasteiger partial charge in [0.1, 0.15) is 18.6 Å². The maximum atomic E-state index is 11.7. The molecule has 0 spiro atoms. The molecule has 1 amide bonds. The first-order valence-electron chi connectivity index (χ1n) is 6.28. The molecule has 0 unspecified atom stereocenters.